The Bertz CT molecular complexity index is 1160. The highest BCUT2D eigenvalue weighted by atomic mass is 79.9. The molecule has 1 aliphatic rings. The Hall–Kier alpha value is -2.28. The van der Waals surface area contributed by atoms with Crippen LogP contribution >= 0.6 is 27.5 Å². The normalized spacial score (nSPS) is 20.0. The number of rotatable bonds is 4. The molecule has 0 saturated heterocycles. The molecule has 0 fully saturated rings. The summed E-state index contributed by atoms with van der Waals surface area (Å²) in [6, 6.07) is 0.388. The molecule has 14 heteroatoms. The van der Waals surface area contributed by atoms with Gasteiger partial charge in [0.25, 0.3) is 0 Å². The van der Waals surface area contributed by atoms with Gasteiger partial charge in [-0.2, -0.15) is 31.4 Å². The molecule has 1 atom stereocenters. The maximum absolute atomic E-state index is 14.6. The summed E-state index contributed by atoms with van der Waals surface area (Å²) in [4.78, 5) is 10.3. The van der Waals surface area contributed by atoms with Crippen molar-refractivity contribution in [3.05, 3.63) is 51.9 Å². The predicted molar refractivity (Wildman–Crippen MR) is 108 cm³/mol. The van der Waals surface area contributed by atoms with Crippen LogP contribution in [0.25, 0.3) is 11.4 Å². The molecule has 0 spiro atoms. The van der Waals surface area contributed by atoms with Gasteiger partial charge in [0.05, 0.1) is 26.8 Å². The molecule has 0 bridgehead atoms. The van der Waals surface area contributed by atoms with Gasteiger partial charge >= 0.3 is 24.0 Å². The third kappa shape index (κ3) is 4.09. The van der Waals surface area contributed by atoms with E-state index in [2.05, 4.69) is 21.0 Å². The topological polar surface area (TPSA) is 60.0 Å². The van der Waals surface area contributed by atoms with E-state index < -0.39 is 34.6 Å². The molecule has 5 nitrogen and oxygen atoms in total. The summed E-state index contributed by atoms with van der Waals surface area (Å²) in [5, 5.41) is 13.3. The first-order chi connectivity index (χ1) is 14.9. The van der Waals surface area contributed by atoms with Crippen molar-refractivity contribution in [2.45, 2.75) is 36.2 Å². The standard InChI is InChI=1S/C19H14BrClF7N3O2/c1-16(21)4-3-9(5-11(16)15(32)33)10-7-29-31(8-10)14-12(20)6-13(30(14)2)17(22,18(23,24)25)19(26,27)28/h3,5-8H,4H2,1-2H3,(H,32,33). The molecule has 33 heavy (non-hydrogen) atoms. The zero-order valence-electron chi connectivity index (χ0n) is 16.7. The molecular formula is C19H14BrClF7N3O2. The number of allylic oxidation sites excluding steroid dienone is 3. The van der Waals surface area contributed by atoms with E-state index in [1.165, 1.54) is 25.4 Å². The smallest absolute Gasteiger partial charge is 0.437 e. The number of alkyl halides is 8. The minimum atomic E-state index is -6.28. The molecule has 3 rings (SSSR count). The van der Waals surface area contributed by atoms with Gasteiger partial charge in [0, 0.05) is 18.8 Å². The predicted octanol–water partition coefficient (Wildman–Crippen LogP) is 6.06. The molecule has 180 valence electrons. The van der Waals surface area contributed by atoms with E-state index in [1.54, 1.807) is 6.08 Å². The van der Waals surface area contributed by atoms with Crippen LogP contribution in [0.1, 0.15) is 24.6 Å². The van der Waals surface area contributed by atoms with Crippen LogP contribution in [0.2, 0.25) is 0 Å². The number of aliphatic carboxylic acids is 1. The first kappa shape index (κ1) is 25.3. The number of carbonyl (C=O) groups is 1. The second-order valence-electron chi connectivity index (χ2n) is 7.51. The Labute approximate surface area is 195 Å². The largest absolute Gasteiger partial charge is 0.478 e. The minimum Gasteiger partial charge on any atom is -0.478 e. The van der Waals surface area contributed by atoms with Crippen molar-refractivity contribution in [1.29, 1.82) is 0 Å². The number of carboxylic acid groups (broad SMARTS) is 1. The SMILES string of the molecule is Cn1c(C(F)(C(F)(F)F)C(F)(F)F)cc(Br)c1-n1cc(C2=CCC(C)(Cl)C(C(=O)O)=C2)cn1. The van der Waals surface area contributed by atoms with Crippen molar-refractivity contribution in [2.75, 3.05) is 0 Å². The van der Waals surface area contributed by atoms with Gasteiger partial charge in [-0.05, 0) is 47.0 Å². The average Bonchev–Trinajstić information content (AvgIpc) is 3.23. The monoisotopic (exact) mass is 563 g/mol. The van der Waals surface area contributed by atoms with Crippen molar-refractivity contribution >= 4 is 39.1 Å². The van der Waals surface area contributed by atoms with Gasteiger partial charge in [-0.3, -0.25) is 0 Å². The van der Waals surface area contributed by atoms with Gasteiger partial charge in [0.1, 0.15) is 5.82 Å². The van der Waals surface area contributed by atoms with Crippen LogP contribution in [-0.2, 0) is 17.5 Å². The number of nitrogens with zero attached hydrogens (tertiary/aromatic N) is 3. The third-order valence-corrected chi connectivity index (χ3v) is 6.16. The maximum Gasteiger partial charge on any atom is 0.437 e. The van der Waals surface area contributed by atoms with Gasteiger partial charge in [-0.1, -0.05) is 6.08 Å². The number of aromatic nitrogens is 3. The Morgan fingerprint density at radius 3 is 2.30 bits per heavy atom. The molecule has 1 N–H and O–H groups in total. The summed E-state index contributed by atoms with van der Waals surface area (Å²) in [6.45, 7) is 1.51. The molecular weight excluding hydrogens is 551 g/mol. The molecule has 0 aromatic carbocycles. The Balaban J connectivity index is 2.09. The van der Waals surface area contributed by atoms with Crippen molar-refractivity contribution < 1.29 is 40.6 Å². The fourth-order valence-corrected chi connectivity index (χ4v) is 4.33. The minimum absolute atomic E-state index is 0.102. The van der Waals surface area contributed by atoms with Crippen LogP contribution in [0, 0.1) is 0 Å². The van der Waals surface area contributed by atoms with Crippen LogP contribution in [0.4, 0.5) is 30.7 Å². The molecule has 0 amide bonds. The van der Waals surface area contributed by atoms with Crippen molar-refractivity contribution in [2.24, 2.45) is 7.05 Å². The van der Waals surface area contributed by atoms with Gasteiger partial charge in [0.15, 0.2) is 0 Å². The van der Waals surface area contributed by atoms with Gasteiger partial charge in [-0.15, -0.1) is 11.6 Å². The lowest BCUT2D eigenvalue weighted by Gasteiger charge is -2.30. The van der Waals surface area contributed by atoms with E-state index in [-0.39, 0.29) is 22.3 Å². The molecule has 0 aliphatic heterocycles. The van der Waals surface area contributed by atoms with E-state index in [1.807, 2.05) is 0 Å². The van der Waals surface area contributed by atoms with E-state index in [4.69, 9.17) is 11.6 Å². The van der Waals surface area contributed by atoms with Crippen LogP contribution in [0.15, 0.2) is 40.7 Å². The fourth-order valence-electron chi connectivity index (χ4n) is 3.45. The van der Waals surface area contributed by atoms with Crippen LogP contribution < -0.4 is 0 Å². The average molecular weight is 565 g/mol. The molecule has 2 aromatic heterocycles. The van der Waals surface area contributed by atoms with Crippen LogP contribution in [0.3, 0.4) is 0 Å². The molecule has 1 unspecified atom stereocenters. The maximum atomic E-state index is 14.6. The van der Waals surface area contributed by atoms with E-state index in [9.17, 15) is 40.6 Å². The Morgan fingerprint density at radius 2 is 1.79 bits per heavy atom. The lowest BCUT2D eigenvalue weighted by Crippen LogP contribution is -2.51. The lowest BCUT2D eigenvalue weighted by molar-refractivity contribution is -0.350. The number of hydrogen-bond acceptors (Lipinski definition) is 2. The second-order valence-corrected chi connectivity index (χ2v) is 9.20. The molecule has 0 saturated carbocycles. The molecule has 0 radical (unpaired) electrons. The first-order valence-electron chi connectivity index (χ1n) is 9.00. The summed E-state index contributed by atoms with van der Waals surface area (Å²) in [6.07, 6.45) is -7.01. The van der Waals surface area contributed by atoms with Crippen LogP contribution in [-0.4, -0.2) is 42.7 Å². The highest BCUT2D eigenvalue weighted by Gasteiger charge is 2.75. The van der Waals surface area contributed by atoms with E-state index >= 15 is 0 Å². The summed E-state index contributed by atoms with van der Waals surface area (Å²) in [7, 11) is 0.837. The number of carboxylic acids is 1. The lowest BCUT2D eigenvalue weighted by atomic mass is 9.87. The van der Waals surface area contributed by atoms with Crippen molar-refractivity contribution in [3.63, 3.8) is 0 Å². The highest BCUT2D eigenvalue weighted by molar-refractivity contribution is 9.10. The number of hydrogen-bond donors (Lipinski definition) is 1. The van der Waals surface area contributed by atoms with E-state index in [0.29, 0.717) is 21.8 Å². The summed E-state index contributed by atoms with van der Waals surface area (Å²) < 4.78 is 94.9. The van der Waals surface area contributed by atoms with Crippen molar-refractivity contribution in [3.8, 4) is 5.82 Å². The van der Waals surface area contributed by atoms with Gasteiger partial charge in [0.2, 0.25) is 0 Å². The summed E-state index contributed by atoms with van der Waals surface area (Å²) in [5.41, 5.74) is -6.72. The molecule has 2 aromatic rings. The van der Waals surface area contributed by atoms with Gasteiger partial charge in [-0.25, -0.2) is 13.9 Å². The first-order valence-corrected chi connectivity index (χ1v) is 10.2. The van der Waals surface area contributed by atoms with Gasteiger partial charge < -0.3 is 9.67 Å². The number of halogens is 9. The third-order valence-electron chi connectivity index (χ3n) is 5.22. The molecule has 2 heterocycles. The fraction of sp³-hybridized carbons (Fsp3) is 0.368. The van der Waals surface area contributed by atoms with Crippen molar-refractivity contribution in [1.82, 2.24) is 14.3 Å². The zero-order valence-corrected chi connectivity index (χ0v) is 19.0. The second kappa shape index (κ2) is 7.90. The summed E-state index contributed by atoms with van der Waals surface area (Å²) >= 11 is 9.08. The van der Waals surface area contributed by atoms with E-state index in [0.717, 1.165) is 11.7 Å². The summed E-state index contributed by atoms with van der Waals surface area (Å²) in [5.74, 6) is -1.56. The zero-order chi connectivity index (χ0) is 25.1. The highest BCUT2D eigenvalue weighted by Crippen LogP contribution is 2.54. The Kier molecular flexibility index (Phi) is 6.06. The molecule has 1 aliphatic carbocycles. The van der Waals surface area contributed by atoms with Crippen LogP contribution in [0.5, 0.6) is 0 Å². The quantitative estimate of drug-likeness (QED) is 0.363. The Morgan fingerprint density at radius 1 is 1.21 bits per heavy atom.